The quantitative estimate of drug-likeness (QED) is 0.570. The Balaban J connectivity index is 2.12. The van der Waals surface area contributed by atoms with Crippen LogP contribution in [0.25, 0.3) is 0 Å². The van der Waals surface area contributed by atoms with Crippen molar-refractivity contribution in [1.29, 1.82) is 0 Å². The number of carbonyl (C=O) groups excluding carboxylic acids is 2. The van der Waals surface area contributed by atoms with Crippen LogP contribution in [0.4, 0.5) is 13.2 Å². The van der Waals surface area contributed by atoms with Gasteiger partial charge in [0.2, 0.25) is 0 Å². The van der Waals surface area contributed by atoms with Crippen molar-refractivity contribution in [2.24, 2.45) is 0 Å². The number of amides is 1. The van der Waals surface area contributed by atoms with Crippen molar-refractivity contribution in [1.82, 2.24) is 4.90 Å². The lowest BCUT2D eigenvalue weighted by molar-refractivity contribution is -0.148. The molecule has 1 heterocycles. The molecule has 25 heavy (non-hydrogen) atoms. The van der Waals surface area contributed by atoms with Crippen molar-refractivity contribution < 1.29 is 27.5 Å². The summed E-state index contributed by atoms with van der Waals surface area (Å²) in [6.07, 6.45) is -0.998. The first-order valence-electron chi connectivity index (χ1n) is 8.50. The fraction of sp³-hybridized carbons (Fsp3) is 0.556. The number of likely N-dealkylation sites (tertiary alicyclic amines) is 1. The van der Waals surface area contributed by atoms with Crippen LogP contribution < -0.4 is 0 Å². The summed E-state index contributed by atoms with van der Waals surface area (Å²) in [5.74, 6) is -1.31. The van der Waals surface area contributed by atoms with Crippen LogP contribution in [-0.4, -0.2) is 36.0 Å². The van der Waals surface area contributed by atoms with Crippen LogP contribution in [0.3, 0.4) is 0 Å². The number of halogens is 3. The lowest BCUT2D eigenvalue weighted by atomic mass is 10.1. The highest BCUT2D eigenvalue weighted by Crippen LogP contribution is 2.33. The Bertz CT molecular complexity index is 616. The van der Waals surface area contributed by atoms with E-state index >= 15 is 0 Å². The van der Waals surface area contributed by atoms with Crippen molar-refractivity contribution in [2.45, 2.75) is 51.2 Å². The Morgan fingerprint density at radius 2 is 1.96 bits per heavy atom. The Labute approximate surface area is 144 Å². The average molecular weight is 357 g/mol. The molecule has 1 atom stereocenters. The third-order valence-corrected chi connectivity index (χ3v) is 4.24. The summed E-state index contributed by atoms with van der Waals surface area (Å²) in [6, 6.07) is 3.84. The van der Waals surface area contributed by atoms with Crippen LogP contribution in [0, 0.1) is 0 Å². The first-order chi connectivity index (χ1) is 11.9. The van der Waals surface area contributed by atoms with Gasteiger partial charge in [-0.25, -0.2) is 4.79 Å². The standard InChI is InChI=1S/C18H22F3NO3/c1-2-3-6-12-25-17(24)15-10-7-11-22(15)16(23)13-8-4-5-9-14(13)18(19,20)21/h4-5,8-9,15H,2-3,6-7,10-12H2,1H3. The zero-order chi connectivity index (χ0) is 18.4. The minimum Gasteiger partial charge on any atom is -0.464 e. The van der Waals surface area contributed by atoms with Crippen LogP contribution in [0.5, 0.6) is 0 Å². The maximum absolute atomic E-state index is 13.1. The van der Waals surface area contributed by atoms with E-state index in [2.05, 4.69) is 0 Å². The first-order valence-corrected chi connectivity index (χ1v) is 8.50. The first kappa shape index (κ1) is 19.3. The summed E-state index contributed by atoms with van der Waals surface area (Å²) in [5, 5.41) is 0. The SMILES string of the molecule is CCCCCOC(=O)C1CCCN1C(=O)c1ccccc1C(F)(F)F. The van der Waals surface area contributed by atoms with E-state index in [1.165, 1.54) is 17.0 Å². The average Bonchev–Trinajstić information content (AvgIpc) is 3.07. The molecule has 138 valence electrons. The number of ether oxygens (including phenoxy) is 1. The molecule has 1 aliphatic rings. The molecule has 0 saturated carbocycles. The summed E-state index contributed by atoms with van der Waals surface area (Å²) in [6.45, 7) is 2.54. The van der Waals surface area contributed by atoms with Crippen molar-refractivity contribution in [3.8, 4) is 0 Å². The molecule has 1 amide bonds. The van der Waals surface area contributed by atoms with Crippen molar-refractivity contribution in [3.63, 3.8) is 0 Å². The molecule has 1 fully saturated rings. The van der Waals surface area contributed by atoms with Gasteiger partial charge in [0.05, 0.1) is 17.7 Å². The third kappa shape index (κ3) is 4.74. The number of hydrogen-bond donors (Lipinski definition) is 0. The molecule has 2 rings (SSSR count). The van der Waals surface area contributed by atoms with E-state index in [1.54, 1.807) is 0 Å². The van der Waals surface area contributed by atoms with Crippen LogP contribution in [0.15, 0.2) is 24.3 Å². The van der Waals surface area contributed by atoms with E-state index in [0.717, 1.165) is 31.4 Å². The van der Waals surface area contributed by atoms with Crippen molar-refractivity contribution in [2.75, 3.05) is 13.2 Å². The van der Waals surface area contributed by atoms with E-state index in [1.807, 2.05) is 6.92 Å². The lowest BCUT2D eigenvalue weighted by Gasteiger charge is -2.24. The second-order valence-corrected chi connectivity index (χ2v) is 6.07. The normalized spacial score (nSPS) is 17.6. The zero-order valence-electron chi connectivity index (χ0n) is 14.1. The zero-order valence-corrected chi connectivity index (χ0v) is 14.1. The number of hydrogen-bond acceptors (Lipinski definition) is 3. The predicted molar refractivity (Wildman–Crippen MR) is 86.0 cm³/mol. The Kier molecular flexibility index (Phi) is 6.45. The molecular formula is C18H22F3NO3. The van der Waals surface area contributed by atoms with Gasteiger partial charge in [-0.3, -0.25) is 4.79 Å². The van der Waals surface area contributed by atoms with E-state index < -0.39 is 35.2 Å². The number of alkyl halides is 3. The van der Waals surface area contributed by atoms with E-state index in [0.29, 0.717) is 12.8 Å². The van der Waals surface area contributed by atoms with Gasteiger partial charge in [0.1, 0.15) is 6.04 Å². The van der Waals surface area contributed by atoms with Crippen molar-refractivity contribution >= 4 is 11.9 Å². The molecule has 4 nitrogen and oxygen atoms in total. The molecule has 7 heteroatoms. The van der Waals surface area contributed by atoms with E-state index in [-0.39, 0.29) is 13.2 Å². The fourth-order valence-corrected chi connectivity index (χ4v) is 2.95. The minimum absolute atomic E-state index is 0.250. The molecule has 0 bridgehead atoms. The van der Waals surface area contributed by atoms with Gasteiger partial charge in [-0.2, -0.15) is 13.2 Å². The van der Waals surface area contributed by atoms with Crippen LogP contribution >= 0.6 is 0 Å². The molecular weight excluding hydrogens is 335 g/mol. The smallest absolute Gasteiger partial charge is 0.417 e. The highest BCUT2D eigenvalue weighted by molar-refractivity contribution is 5.98. The summed E-state index contributed by atoms with van der Waals surface area (Å²) in [4.78, 5) is 26.0. The predicted octanol–water partition coefficient (Wildman–Crippen LogP) is 4.04. The topological polar surface area (TPSA) is 46.6 Å². The van der Waals surface area contributed by atoms with E-state index in [9.17, 15) is 22.8 Å². The van der Waals surface area contributed by atoms with Gasteiger partial charge in [-0.15, -0.1) is 0 Å². The molecule has 1 saturated heterocycles. The minimum atomic E-state index is -4.62. The van der Waals surface area contributed by atoms with Gasteiger partial charge in [0, 0.05) is 6.54 Å². The number of unbranched alkanes of at least 4 members (excludes halogenated alkanes) is 2. The Morgan fingerprint density at radius 1 is 1.24 bits per heavy atom. The largest absolute Gasteiger partial charge is 0.464 e. The number of rotatable bonds is 6. The lowest BCUT2D eigenvalue weighted by Crippen LogP contribution is -2.42. The summed E-state index contributed by atoms with van der Waals surface area (Å²) < 4.78 is 44.6. The van der Waals surface area contributed by atoms with Crippen LogP contribution in [-0.2, 0) is 15.7 Å². The molecule has 0 spiro atoms. The van der Waals surface area contributed by atoms with Gasteiger partial charge in [0.25, 0.3) is 5.91 Å². The molecule has 1 aliphatic heterocycles. The molecule has 1 aromatic carbocycles. The Morgan fingerprint density at radius 3 is 2.64 bits per heavy atom. The molecule has 0 aromatic heterocycles. The maximum atomic E-state index is 13.1. The molecule has 1 aromatic rings. The maximum Gasteiger partial charge on any atom is 0.417 e. The van der Waals surface area contributed by atoms with Gasteiger partial charge < -0.3 is 9.64 Å². The van der Waals surface area contributed by atoms with Gasteiger partial charge in [-0.05, 0) is 31.4 Å². The van der Waals surface area contributed by atoms with Gasteiger partial charge >= 0.3 is 12.1 Å². The molecule has 0 N–H and O–H groups in total. The monoisotopic (exact) mass is 357 g/mol. The highest BCUT2D eigenvalue weighted by atomic mass is 19.4. The molecule has 0 aliphatic carbocycles. The number of carbonyl (C=O) groups is 2. The van der Waals surface area contributed by atoms with Gasteiger partial charge in [-0.1, -0.05) is 31.9 Å². The van der Waals surface area contributed by atoms with Crippen LogP contribution in [0.1, 0.15) is 54.9 Å². The van der Waals surface area contributed by atoms with Crippen LogP contribution in [0.2, 0.25) is 0 Å². The second-order valence-electron chi connectivity index (χ2n) is 6.07. The summed E-state index contributed by atoms with van der Waals surface area (Å²) in [7, 11) is 0. The molecule has 0 radical (unpaired) electrons. The van der Waals surface area contributed by atoms with Gasteiger partial charge in [0.15, 0.2) is 0 Å². The Hall–Kier alpha value is -2.05. The summed E-state index contributed by atoms with van der Waals surface area (Å²) >= 11 is 0. The number of esters is 1. The summed E-state index contributed by atoms with van der Waals surface area (Å²) in [5.41, 5.74) is -1.41. The van der Waals surface area contributed by atoms with Crippen molar-refractivity contribution in [3.05, 3.63) is 35.4 Å². The second kappa shape index (κ2) is 8.36. The number of benzene rings is 1. The fourth-order valence-electron chi connectivity index (χ4n) is 2.95. The molecule has 1 unspecified atom stereocenters. The number of nitrogens with zero attached hydrogens (tertiary/aromatic N) is 1. The third-order valence-electron chi connectivity index (χ3n) is 4.24. The van der Waals surface area contributed by atoms with E-state index in [4.69, 9.17) is 4.74 Å². The highest BCUT2D eigenvalue weighted by Gasteiger charge is 2.40.